The molecule has 0 spiro atoms. The molecule has 2 aromatic carbocycles. The van der Waals surface area contributed by atoms with Crippen LogP contribution in [0.2, 0.25) is 15.1 Å². The molecule has 140 valence electrons. The molecular weight excluding hydrogens is 421 g/mol. The molecule has 0 fully saturated rings. The molecule has 0 saturated heterocycles. The van der Waals surface area contributed by atoms with Crippen molar-refractivity contribution in [2.75, 3.05) is 13.1 Å². The van der Waals surface area contributed by atoms with Gasteiger partial charge in [-0.3, -0.25) is 0 Å². The Morgan fingerprint density at radius 1 is 1.04 bits per heavy atom. The number of hydrogen-bond acceptors (Lipinski definition) is 4. The van der Waals surface area contributed by atoms with E-state index in [0.29, 0.717) is 13.1 Å². The van der Waals surface area contributed by atoms with Crippen molar-refractivity contribution in [1.82, 2.24) is 4.31 Å². The third-order valence-electron chi connectivity index (χ3n) is 3.62. The fourth-order valence-electron chi connectivity index (χ4n) is 2.25. The molecule has 0 unspecified atom stereocenters. The summed E-state index contributed by atoms with van der Waals surface area (Å²) in [4.78, 5) is 12.4. The van der Waals surface area contributed by atoms with Gasteiger partial charge < -0.3 is 4.74 Å². The van der Waals surface area contributed by atoms with Gasteiger partial charge in [-0.15, -0.1) is 0 Å². The minimum atomic E-state index is -3.74. The molecule has 0 atom stereocenters. The molecule has 0 N–H and O–H groups in total. The first-order valence-corrected chi connectivity index (χ1v) is 10.3. The summed E-state index contributed by atoms with van der Waals surface area (Å²) in [5.74, 6) is -0.784. The van der Waals surface area contributed by atoms with Crippen molar-refractivity contribution in [3.05, 3.63) is 57.0 Å². The topological polar surface area (TPSA) is 63.7 Å². The van der Waals surface area contributed by atoms with Gasteiger partial charge >= 0.3 is 5.97 Å². The summed E-state index contributed by atoms with van der Waals surface area (Å²) in [5, 5.41) is 0.359. The van der Waals surface area contributed by atoms with Gasteiger partial charge in [-0.1, -0.05) is 54.7 Å². The van der Waals surface area contributed by atoms with Gasteiger partial charge in [0.15, 0.2) is 5.75 Å². The van der Waals surface area contributed by atoms with Crippen molar-refractivity contribution < 1.29 is 17.9 Å². The van der Waals surface area contributed by atoms with Crippen LogP contribution in [0.15, 0.2) is 41.3 Å². The summed E-state index contributed by atoms with van der Waals surface area (Å²) in [6.07, 6.45) is 0. The van der Waals surface area contributed by atoms with Crippen molar-refractivity contribution in [3.63, 3.8) is 0 Å². The van der Waals surface area contributed by atoms with Crippen LogP contribution in [0, 0.1) is 0 Å². The van der Waals surface area contributed by atoms with Crippen LogP contribution in [0.4, 0.5) is 0 Å². The number of carbonyl (C=O) groups is 1. The number of sulfonamides is 1. The minimum absolute atomic E-state index is 0.0465. The molecule has 2 aromatic rings. The summed E-state index contributed by atoms with van der Waals surface area (Å²) >= 11 is 18.0. The predicted molar refractivity (Wildman–Crippen MR) is 103 cm³/mol. The number of benzene rings is 2. The lowest BCUT2D eigenvalue weighted by Gasteiger charge is -2.19. The molecule has 0 aliphatic heterocycles. The molecule has 2 rings (SSSR count). The van der Waals surface area contributed by atoms with Crippen LogP contribution >= 0.6 is 34.8 Å². The SMILES string of the molecule is CCN(CC)S(=O)(=O)c1ccc(Cl)c(C(=O)Oc2cccc(Cl)c2Cl)c1. The van der Waals surface area contributed by atoms with E-state index in [-0.39, 0.29) is 31.3 Å². The standard InChI is InChI=1S/C17H16Cl3NO4S/c1-3-21(4-2)26(23,24)11-8-9-13(18)12(10-11)17(22)25-15-7-5-6-14(19)16(15)20/h5-10H,3-4H2,1-2H3. The average molecular weight is 437 g/mol. The normalized spacial score (nSPS) is 11.6. The molecule has 0 aromatic heterocycles. The Hall–Kier alpha value is -1.31. The van der Waals surface area contributed by atoms with Gasteiger partial charge in [-0.05, 0) is 30.3 Å². The van der Waals surface area contributed by atoms with E-state index in [1.54, 1.807) is 26.0 Å². The second-order valence-corrected chi connectivity index (χ2v) is 8.30. The number of hydrogen-bond donors (Lipinski definition) is 0. The average Bonchev–Trinajstić information content (AvgIpc) is 2.60. The maximum atomic E-state index is 12.6. The summed E-state index contributed by atoms with van der Waals surface area (Å²) < 4.78 is 31.8. The molecule has 0 saturated carbocycles. The van der Waals surface area contributed by atoms with Crippen LogP contribution in [-0.2, 0) is 10.0 Å². The number of rotatable bonds is 6. The van der Waals surface area contributed by atoms with E-state index >= 15 is 0 Å². The summed E-state index contributed by atoms with van der Waals surface area (Å²) in [7, 11) is -3.74. The van der Waals surface area contributed by atoms with Crippen LogP contribution in [-0.4, -0.2) is 31.8 Å². The van der Waals surface area contributed by atoms with E-state index in [1.165, 1.54) is 28.6 Å². The Balaban J connectivity index is 2.41. The van der Waals surface area contributed by atoms with Gasteiger partial charge in [-0.25, -0.2) is 13.2 Å². The summed E-state index contributed by atoms with van der Waals surface area (Å²) in [6.45, 7) is 4.07. The lowest BCUT2D eigenvalue weighted by atomic mass is 10.2. The zero-order valence-electron chi connectivity index (χ0n) is 14.0. The first-order valence-electron chi connectivity index (χ1n) is 7.68. The second kappa shape index (κ2) is 8.59. The molecular formula is C17H16Cl3NO4S. The Morgan fingerprint density at radius 3 is 2.31 bits per heavy atom. The third-order valence-corrected chi connectivity index (χ3v) is 6.80. The van der Waals surface area contributed by atoms with Crippen molar-refractivity contribution in [1.29, 1.82) is 0 Å². The quantitative estimate of drug-likeness (QED) is 0.477. The lowest BCUT2D eigenvalue weighted by Crippen LogP contribution is -2.30. The smallest absolute Gasteiger partial charge is 0.345 e. The Kier molecular flexibility index (Phi) is 6.93. The number of esters is 1. The highest BCUT2D eigenvalue weighted by Crippen LogP contribution is 2.32. The number of ether oxygens (including phenoxy) is 1. The summed E-state index contributed by atoms with van der Waals surface area (Å²) in [5.41, 5.74) is -0.0871. The van der Waals surface area contributed by atoms with E-state index in [9.17, 15) is 13.2 Å². The zero-order valence-corrected chi connectivity index (χ0v) is 17.1. The first kappa shape index (κ1) is 21.0. The predicted octanol–water partition coefficient (Wildman–Crippen LogP) is 4.90. The molecule has 9 heteroatoms. The van der Waals surface area contributed by atoms with Crippen molar-refractivity contribution in [2.24, 2.45) is 0 Å². The number of nitrogens with zero attached hydrogens (tertiary/aromatic N) is 1. The Labute approximate surface area is 167 Å². The number of carbonyl (C=O) groups excluding carboxylic acids is 1. The van der Waals surface area contributed by atoms with Crippen LogP contribution in [0.5, 0.6) is 5.75 Å². The van der Waals surface area contributed by atoms with Crippen LogP contribution < -0.4 is 4.74 Å². The van der Waals surface area contributed by atoms with Gasteiger partial charge in [0.25, 0.3) is 0 Å². The molecule has 0 aliphatic rings. The molecule has 0 bridgehead atoms. The van der Waals surface area contributed by atoms with Gasteiger partial charge in [0.05, 0.1) is 20.5 Å². The third kappa shape index (κ3) is 4.32. The molecule has 0 heterocycles. The van der Waals surface area contributed by atoms with Gasteiger partial charge in [0, 0.05) is 13.1 Å². The van der Waals surface area contributed by atoms with Crippen LogP contribution in [0.1, 0.15) is 24.2 Å². The van der Waals surface area contributed by atoms with Gasteiger partial charge in [0.1, 0.15) is 5.02 Å². The highest BCUT2D eigenvalue weighted by Gasteiger charge is 2.24. The van der Waals surface area contributed by atoms with Gasteiger partial charge in [0.2, 0.25) is 10.0 Å². The molecule has 0 radical (unpaired) electrons. The monoisotopic (exact) mass is 435 g/mol. The lowest BCUT2D eigenvalue weighted by molar-refractivity contribution is 0.0735. The minimum Gasteiger partial charge on any atom is -0.421 e. The second-order valence-electron chi connectivity index (χ2n) is 5.17. The van der Waals surface area contributed by atoms with Crippen LogP contribution in [0.25, 0.3) is 0 Å². The fourth-order valence-corrected chi connectivity index (χ4v) is 4.26. The first-order chi connectivity index (χ1) is 12.2. The molecule has 0 aliphatic carbocycles. The molecule has 5 nitrogen and oxygen atoms in total. The van der Waals surface area contributed by atoms with E-state index in [0.717, 1.165) is 0 Å². The maximum absolute atomic E-state index is 12.6. The highest BCUT2D eigenvalue weighted by molar-refractivity contribution is 7.89. The van der Waals surface area contributed by atoms with Gasteiger partial charge in [-0.2, -0.15) is 4.31 Å². The number of halogens is 3. The highest BCUT2D eigenvalue weighted by atomic mass is 35.5. The van der Waals surface area contributed by atoms with E-state index < -0.39 is 16.0 Å². The van der Waals surface area contributed by atoms with Crippen molar-refractivity contribution >= 4 is 50.8 Å². The maximum Gasteiger partial charge on any atom is 0.345 e. The van der Waals surface area contributed by atoms with Crippen molar-refractivity contribution in [2.45, 2.75) is 18.7 Å². The Bertz CT molecular complexity index is 928. The Morgan fingerprint density at radius 2 is 1.69 bits per heavy atom. The van der Waals surface area contributed by atoms with E-state index in [2.05, 4.69) is 0 Å². The fraction of sp³-hybridized carbons (Fsp3) is 0.235. The van der Waals surface area contributed by atoms with E-state index in [1.807, 2.05) is 0 Å². The van der Waals surface area contributed by atoms with E-state index in [4.69, 9.17) is 39.5 Å². The zero-order chi connectivity index (χ0) is 19.5. The summed E-state index contributed by atoms with van der Waals surface area (Å²) in [6, 6.07) is 8.46. The van der Waals surface area contributed by atoms with Crippen LogP contribution in [0.3, 0.4) is 0 Å². The molecule has 0 amide bonds. The largest absolute Gasteiger partial charge is 0.421 e. The van der Waals surface area contributed by atoms with Crippen molar-refractivity contribution in [3.8, 4) is 5.75 Å². The molecule has 26 heavy (non-hydrogen) atoms.